The molecule has 0 unspecified atom stereocenters. The van der Waals surface area contributed by atoms with Gasteiger partial charge < -0.3 is 11.1 Å². The summed E-state index contributed by atoms with van der Waals surface area (Å²) >= 11 is 0. The molecule has 3 N–H and O–H groups in total. The van der Waals surface area contributed by atoms with Crippen molar-refractivity contribution in [2.75, 3.05) is 0 Å². The number of allylic oxidation sites excluding steroid dienone is 2. The van der Waals surface area contributed by atoms with E-state index in [4.69, 9.17) is 5.73 Å². The lowest BCUT2D eigenvalue weighted by atomic mass is 10.1. The molecule has 1 aliphatic carbocycles. The molecule has 0 saturated heterocycles. The number of rotatable bonds is 2. The molecule has 1 aliphatic rings. The zero-order valence-corrected chi connectivity index (χ0v) is 5.93. The van der Waals surface area contributed by atoms with Gasteiger partial charge in [-0.25, -0.2) is 0 Å². The predicted octanol–water partition coefficient (Wildman–Crippen LogP) is 1.24. The molecule has 0 amide bonds. The van der Waals surface area contributed by atoms with Crippen molar-refractivity contribution in [3.8, 4) is 0 Å². The molecule has 0 aromatic carbocycles. The van der Waals surface area contributed by atoms with Crippen molar-refractivity contribution < 1.29 is 0 Å². The van der Waals surface area contributed by atoms with Crippen molar-refractivity contribution >= 4 is 0 Å². The first-order valence-corrected chi connectivity index (χ1v) is 3.38. The van der Waals surface area contributed by atoms with E-state index in [0.29, 0.717) is 0 Å². The molecule has 0 aromatic heterocycles. The second kappa shape index (κ2) is 3.11. The molecule has 0 heterocycles. The van der Waals surface area contributed by atoms with Gasteiger partial charge in [0.15, 0.2) is 0 Å². The highest BCUT2D eigenvalue weighted by atomic mass is 14.9. The Labute approximate surface area is 61.1 Å². The van der Waals surface area contributed by atoms with Crippen LogP contribution in [0.3, 0.4) is 0 Å². The van der Waals surface area contributed by atoms with E-state index in [1.54, 1.807) is 6.20 Å². The Bertz CT molecular complexity index is 189. The zero-order valence-electron chi connectivity index (χ0n) is 5.93. The zero-order chi connectivity index (χ0) is 7.40. The van der Waals surface area contributed by atoms with Gasteiger partial charge in [-0.2, -0.15) is 0 Å². The normalized spacial score (nSPS) is 17.2. The average Bonchev–Trinajstić information content (AvgIpc) is 1.94. The first kappa shape index (κ1) is 6.93. The number of hydrogen-bond donors (Lipinski definition) is 2. The fraction of sp³-hybridized carbons (Fsp3) is 0.250. The van der Waals surface area contributed by atoms with E-state index >= 15 is 0 Å². The third-order valence-electron chi connectivity index (χ3n) is 1.45. The van der Waals surface area contributed by atoms with Crippen molar-refractivity contribution in [2.24, 2.45) is 5.73 Å². The largest absolute Gasteiger partial charge is 0.397 e. The molecule has 0 spiro atoms. The Kier molecular flexibility index (Phi) is 2.15. The summed E-state index contributed by atoms with van der Waals surface area (Å²) in [5.74, 6) is 0. The number of nitrogens with one attached hydrogen (secondary N) is 1. The molecule has 1 rings (SSSR count). The summed E-state index contributed by atoms with van der Waals surface area (Å²) in [4.78, 5) is 0. The Balaban J connectivity index is 2.64. The monoisotopic (exact) mass is 136 g/mol. The summed E-state index contributed by atoms with van der Waals surface area (Å²) in [5.41, 5.74) is 7.46. The maximum Gasteiger partial charge on any atom is 0.0569 e. The van der Waals surface area contributed by atoms with Crippen LogP contribution < -0.4 is 11.1 Å². The highest BCUT2D eigenvalue weighted by Crippen LogP contribution is 2.10. The second-order valence-electron chi connectivity index (χ2n) is 2.20. The molecule has 0 atom stereocenters. The number of hydrogen-bond acceptors (Lipinski definition) is 2. The van der Waals surface area contributed by atoms with Crippen molar-refractivity contribution in [1.82, 2.24) is 5.32 Å². The van der Waals surface area contributed by atoms with Gasteiger partial charge in [0.1, 0.15) is 0 Å². The molecule has 0 radical (unpaired) electrons. The van der Waals surface area contributed by atoms with Crippen LogP contribution in [0.5, 0.6) is 0 Å². The summed E-state index contributed by atoms with van der Waals surface area (Å²) in [7, 11) is 0. The third kappa shape index (κ3) is 1.41. The fourth-order valence-corrected chi connectivity index (χ4v) is 0.947. The molecule has 0 fully saturated rings. The second-order valence-corrected chi connectivity index (χ2v) is 2.20. The SMILES string of the molecule is C=CNC1=CCCC=C1N. The van der Waals surface area contributed by atoms with Crippen molar-refractivity contribution in [1.29, 1.82) is 0 Å². The van der Waals surface area contributed by atoms with E-state index < -0.39 is 0 Å². The van der Waals surface area contributed by atoms with E-state index in [1.807, 2.05) is 6.08 Å². The van der Waals surface area contributed by atoms with Gasteiger partial charge >= 0.3 is 0 Å². The maximum absolute atomic E-state index is 5.65. The van der Waals surface area contributed by atoms with E-state index in [9.17, 15) is 0 Å². The molecule has 54 valence electrons. The Morgan fingerprint density at radius 3 is 2.80 bits per heavy atom. The molecule has 10 heavy (non-hydrogen) atoms. The van der Waals surface area contributed by atoms with Crippen LogP contribution >= 0.6 is 0 Å². The third-order valence-corrected chi connectivity index (χ3v) is 1.45. The smallest absolute Gasteiger partial charge is 0.0569 e. The van der Waals surface area contributed by atoms with Crippen molar-refractivity contribution in [3.05, 3.63) is 36.3 Å². The van der Waals surface area contributed by atoms with Crippen LogP contribution in [0.25, 0.3) is 0 Å². The molecular weight excluding hydrogens is 124 g/mol. The minimum Gasteiger partial charge on any atom is -0.397 e. The van der Waals surface area contributed by atoms with Gasteiger partial charge in [-0.3, -0.25) is 0 Å². The van der Waals surface area contributed by atoms with Crippen molar-refractivity contribution in [2.45, 2.75) is 12.8 Å². The Hall–Kier alpha value is -1.18. The van der Waals surface area contributed by atoms with Gasteiger partial charge in [0.05, 0.1) is 11.4 Å². The lowest BCUT2D eigenvalue weighted by molar-refractivity contribution is 0.927. The van der Waals surface area contributed by atoms with Gasteiger partial charge in [0, 0.05) is 0 Å². The molecule has 0 saturated carbocycles. The minimum absolute atomic E-state index is 0.825. The highest BCUT2D eigenvalue weighted by molar-refractivity contribution is 5.30. The molecule has 0 aromatic rings. The van der Waals surface area contributed by atoms with Gasteiger partial charge in [-0.15, -0.1) is 0 Å². The summed E-state index contributed by atoms with van der Waals surface area (Å²) in [5, 5.41) is 2.97. The van der Waals surface area contributed by atoms with E-state index in [0.717, 1.165) is 24.2 Å². The van der Waals surface area contributed by atoms with E-state index in [1.165, 1.54) is 0 Å². The molecule has 0 bridgehead atoms. The number of nitrogens with two attached hydrogens (primary N) is 1. The van der Waals surface area contributed by atoms with Gasteiger partial charge in [0.2, 0.25) is 0 Å². The van der Waals surface area contributed by atoms with Crippen LogP contribution in [0.1, 0.15) is 12.8 Å². The van der Waals surface area contributed by atoms with Crippen LogP contribution in [-0.2, 0) is 0 Å². The van der Waals surface area contributed by atoms with Gasteiger partial charge in [0.25, 0.3) is 0 Å². The molecular formula is C8H12N2. The summed E-state index contributed by atoms with van der Waals surface area (Å²) in [6.45, 7) is 3.55. The van der Waals surface area contributed by atoms with E-state index in [2.05, 4.69) is 18.0 Å². The Morgan fingerprint density at radius 2 is 2.20 bits per heavy atom. The minimum atomic E-state index is 0.825. The lowest BCUT2D eigenvalue weighted by Gasteiger charge is -2.11. The maximum atomic E-state index is 5.65. The summed E-state index contributed by atoms with van der Waals surface area (Å²) < 4.78 is 0. The fourth-order valence-electron chi connectivity index (χ4n) is 0.947. The molecule has 2 heteroatoms. The first-order chi connectivity index (χ1) is 4.84. The molecule has 2 nitrogen and oxygen atoms in total. The van der Waals surface area contributed by atoms with Crippen LogP contribution in [0.4, 0.5) is 0 Å². The first-order valence-electron chi connectivity index (χ1n) is 3.38. The van der Waals surface area contributed by atoms with Crippen LogP contribution in [-0.4, -0.2) is 0 Å². The standard InChI is InChI=1S/C8H12N2/c1-2-10-8-6-4-3-5-7(8)9/h2,5-6,10H,1,3-4,9H2. The van der Waals surface area contributed by atoms with Crippen LogP contribution in [0.15, 0.2) is 36.3 Å². The van der Waals surface area contributed by atoms with Gasteiger partial charge in [-0.1, -0.05) is 18.7 Å². The quantitative estimate of drug-likeness (QED) is 0.599. The molecule has 0 aliphatic heterocycles. The summed E-state index contributed by atoms with van der Waals surface area (Å²) in [6, 6.07) is 0. The lowest BCUT2D eigenvalue weighted by Crippen LogP contribution is -2.14. The average molecular weight is 136 g/mol. The predicted molar refractivity (Wildman–Crippen MR) is 42.9 cm³/mol. The van der Waals surface area contributed by atoms with Crippen LogP contribution in [0.2, 0.25) is 0 Å². The van der Waals surface area contributed by atoms with E-state index in [-0.39, 0.29) is 0 Å². The Morgan fingerprint density at radius 1 is 1.50 bits per heavy atom. The summed E-state index contributed by atoms with van der Waals surface area (Å²) in [6.07, 6.45) is 7.85. The topological polar surface area (TPSA) is 38.0 Å². The van der Waals surface area contributed by atoms with Crippen molar-refractivity contribution in [3.63, 3.8) is 0 Å². The van der Waals surface area contributed by atoms with Gasteiger partial charge in [-0.05, 0) is 19.0 Å². The highest BCUT2D eigenvalue weighted by Gasteiger charge is 2.01. The van der Waals surface area contributed by atoms with Crippen LogP contribution in [0, 0.1) is 0 Å².